The highest BCUT2D eigenvalue weighted by Gasteiger charge is 2.42. The van der Waals surface area contributed by atoms with Crippen molar-refractivity contribution in [3.8, 4) is 0 Å². The van der Waals surface area contributed by atoms with Crippen LogP contribution in [0.1, 0.15) is 39.2 Å². The molecule has 2 aliphatic heterocycles. The van der Waals surface area contributed by atoms with E-state index in [1.165, 1.54) is 0 Å². The molecule has 1 fully saturated rings. The van der Waals surface area contributed by atoms with Crippen LogP contribution in [0.25, 0.3) is 0 Å². The number of amides is 1. The third-order valence-electron chi connectivity index (χ3n) is 5.57. The highest BCUT2D eigenvalue weighted by Crippen LogP contribution is 2.41. The lowest BCUT2D eigenvalue weighted by Crippen LogP contribution is -2.40. The predicted molar refractivity (Wildman–Crippen MR) is 98.3 cm³/mol. The van der Waals surface area contributed by atoms with Crippen LogP contribution in [-0.2, 0) is 20.2 Å². The van der Waals surface area contributed by atoms with Gasteiger partial charge in [-0.25, -0.2) is 13.1 Å². The number of nitrogens with one attached hydrogen (secondary N) is 1. The molecule has 0 saturated carbocycles. The fourth-order valence-electron chi connectivity index (χ4n) is 3.95. The molecule has 0 aromatic heterocycles. The molecule has 3 rings (SSSR count). The zero-order chi connectivity index (χ0) is 18.4. The Bertz CT molecular complexity index is 789. The molecule has 0 spiro atoms. The Kier molecular flexibility index (Phi) is 4.68. The number of fused-ring (bicyclic) bond motifs is 1. The van der Waals surface area contributed by atoms with Crippen molar-refractivity contribution in [3.63, 3.8) is 0 Å². The molecule has 2 aliphatic rings. The number of rotatable bonds is 5. The molecule has 1 amide bonds. The zero-order valence-corrected chi connectivity index (χ0v) is 16.2. The third-order valence-corrected chi connectivity index (χ3v) is 6.99. The van der Waals surface area contributed by atoms with Crippen molar-refractivity contribution in [2.24, 2.45) is 0 Å². The van der Waals surface area contributed by atoms with Gasteiger partial charge < -0.3 is 4.90 Å². The number of anilines is 1. The molecule has 7 heteroatoms. The minimum atomic E-state index is -3.59. The van der Waals surface area contributed by atoms with E-state index in [-0.39, 0.29) is 16.8 Å². The van der Waals surface area contributed by atoms with Gasteiger partial charge in [-0.2, -0.15) is 0 Å². The number of nitrogens with zero attached hydrogens (tertiary/aromatic N) is 2. The van der Waals surface area contributed by atoms with Crippen LogP contribution in [0.5, 0.6) is 0 Å². The van der Waals surface area contributed by atoms with Gasteiger partial charge in [0, 0.05) is 25.3 Å². The normalized spacial score (nSPS) is 23.3. The molecule has 1 aromatic rings. The summed E-state index contributed by atoms with van der Waals surface area (Å²) in [7, 11) is -1.87. The van der Waals surface area contributed by atoms with Gasteiger partial charge in [0.05, 0.1) is 10.3 Å². The summed E-state index contributed by atoms with van der Waals surface area (Å²) >= 11 is 0. The Labute approximate surface area is 150 Å². The highest BCUT2D eigenvalue weighted by atomic mass is 32.2. The molecule has 1 N–H and O–H groups in total. The minimum Gasteiger partial charge on any atom is -0.314 e. The van der Waals surface area contributed by atoms with Gasteiger partial charge in [-0.05, 0) is 63.5 Å². The second-order valence-electron chi connectivity index (χ2n) is 7.44. The van der Waals surface area contributed by atoms with E-state index in [4.69, 9.17) is 0 Å². The van der Waals surface area contributed by atoms with Crippen LogP contribution in [0.2, 0.25) is 0 Å². The van der Waals surface area contributed by atoms with Crippen LogP contribution in [-0.4, -0.2) is 51.9 Å². The number of hydrogen-bond acceptors (Lipinski definition) is 4. The monoisotopic (exact) mass is 365 g/mol. The number of benzene rings is 1. The summed E-state index contributed by atoms with van der Waals surface area (Å²) in [5.41, 5.74) is 0.834. The van der Waals surface area contributed by atoms with Gasteiger partial charge in [-0.3, -0.25) is 9.69 Å². The van der Waals surface area contributed by atoms with Crippen LogP contribution in [0, 0.1) is 0 Å². The Hall–Kier alpha value is -1.44. The number of likely N-dealkylation sites (N-methyl/N-ethyl adjacent to an activating group) is 2. The highest BCUT2D eigenvalue weighted by molar-refractivity contribution is 7.89. The van der Waals surface area contributed by atoms with Gasteiger partial charge in [0.25, 0.3) is 0 Å². The maximum atomic E-state index is 12.7. The van der Waals surface area contributed by atoms with Crippen LogP contribution in [0.15, 0.2) is 23.1 Å². The van der Waals surface area contributed by atoms with E-state index in [2.05, 4.69) is 16.5 Å². The standard InChI is InChI=1S/C18H27N3O3S/c1-5-21-10-6-7-13(21)12-19-25(23,24)14-8-9-16-15(11-14)18(2,3)17(22)20(16)4/h8-9,11,13,19H,5-7,10,12H2,1-4H3/t13-/m0/s1. The Morgan fingerprint density at radius 3 is 2.72 bits per heavy atom. The first-order chi connectivity index (χ1) is 11.7. The fourth-order valence-corrected chi connectivity index (χ4v) is 5.05. The maximum Gasteiger partial charge on any atom is 0.240 e. The van der Waals surface area contributed by atoms with Crippen LogP contribution in [0.3, 0.4) is 0 Å². The van der Waals surface area contributed by atoms with Crippen molar-refractivity contribution in [3.05, 3.63) is 23.8 Å². The van der Waals surface area contributed by atoms with Gasteiger partial charge in [0.2, 0.25) is 15.9 Å². The topological polar surface area (TPSA) is 69.7 Å². The summed E-state index contributed by atoms with van der Waals surface area (Å²) < 4.78 is 28.2. The number of sulfonamides is 1. The van der Waals surface area contributed by atoms with Crippen molar-refractivity contribution in [2.75, 3.05) is 31.6 Å². The molecular weight excluding hydrogens is 338 g/mol. The van der Waals surface area contributed by atoms with Crippen LogP contribution < -0.4 is 9.62 Å². The molecule has 0 bridgehead atoms. The van der Waals surface area contributed by atoms with Gasteiger partial charge in [-0.1, -0.05) is 6.92 Å². The molecule has 0 unspecified atom stereocenters. The second-order valence-corrected chi connectivity index (χ2v) is 9.21. The van der Waals surface area contributed by atoms with Crippen molar-refractivity contribution in [2.45, 2.75) is 50.0 Å². The molecule has 1 aromatic carbocycles. The van der Waals surface area contributed by atoms with E-state index in [0.29, 0.717) is 6.54 Å². The van der Waals surface area contributed by atoms with Crippen molar-refractivity contribution >= 4 is 21.6 Å². The lowest BCUT2D eigenvalue weighted by atomic mass is 9.86. The summed E-state index contributed by atoms with van der Waals surface area (Å²) in [6, 6.07) is 5.22. The Balaban J connectivity index is 1.82. The Morgan fingerprint density at radius 2 is 2.04 bits per heavy atom. The minimum absolute atomic E-state index is 0.0189. The van der Waals surface area contributed by atoms with Crippen molar-refractivity contribution in [1.29, 1.82) is 0 Å². The average molecular weight is 365 g/mol. The van der Waals surface area contributed by atoms with Crippen molar-refractivity contribution < 1.29 is 13.2 Å². The first kappa shape index (κ1) is 18.4. The third kappa shape index (κ3) is 3.09. The summed E-state index contributed by atoms with van der Waals surface area (Å²) in [6.45, 7) is 8.16. The van der Waals surface area contributed by atoms with Gasteiger partial charge in [-0.15, -0.1) is 0 Å². The molecular formula is C18H27N3O3S. The first-order valence-corrected chi connectivity index (χ1v) is 10.3. The first-order valence-electron chi connectivity index (χ1n) is 8.85. The van der Waals surface area contributed by atoms with Crippen LogP contribution >= 0.6 is 0 Å². The molecule has 6 nitrogen and oxygen atoms in total. The van der Waals surface area contributed by atoms with E-state index < -0.39 is 15.4 Å². The molecule has 25 heavy (non-hydrogen) atoms. The molecule has 0 radical (unpaired) electrons. The summed E-state index contributed by atoms with van der Waals surface area (Å²) in [4.78, 5) is 16.5. The van der Waals surface area contributed by atoms with E-state index in [0.717, 1.165) is 37.2 Å². The number of carbonyl (C=O) groups is 1. The van der Waals surface area contributed by atoms with Gasteiger partial charge in [0.15, 0.2) is 0 Å². The van der Waals surface area contributed by atoms with Crippen molar-refractivity contribution in [1.82, 2.24) is 9.62 Å². The zero-order valence-electron chi connectivity index (χ0n) is 15.4. The Morgan fingerprint density at radius 1 is 1.32 bits per heavy atom. The number of carbonyl (C=O) groups excluding carboxylic acids is 1. The smallest absolute Gasteiger partial charge is 0.240 e. The predicted octanol–water partition coefficient (Wildman–Crippen LogP) is 1.70. The van der Waals surface area contributed by atoms with Crippen LogP contribution in [0.4, 0.5) is 5.69 Å². The number of hydrogen-bond donors (Lipinski definition) is 1. The maximum absolute atomic E-state index is 12.7. The summed E-state index contributed by atoms with van der Waals surface area (Å²) in [5.74, 6) is -0.0189. The summed E-state index contributed by atoms with van der Waals surface area (Å²) in [6.07, 6.45) is 2.13. The van der Waals surface area contributed by atoms with E-state index >= 15 is 0 Å². The fraction of sp³-hybridized carbons (Fsp3) is 0.611. The molecule has 2 heterocycles. The quantitative estimate of drug-likeness (QED) is 0.862. The van der Waals surface area contributed by atoms with Gasteiger partial charge in [0.1, 0.15) is 0 Å². The SMILES string of the molecule is CCN1CCC[C@H]1CNS(=O)(=O)c1ccc2c(c1)C(C)(C)C(=O)N2C. The second kappa shape index (κ2) is 6.37. The summed E-state index contributed by atoms with van der Waals surface area (Å²) in [5, 5.41) is 0. The average Bonchev–Trinajstić information content (AvgIpc) is 3.11. The molecule has 1 saturated heterocycles. The number of likely N-dealkylation sites (tertiary alicyclic amines) is 1. The molecule has 1 atom stereocenters. The van der Waals surface area contributed by atoms with Gasteiger partial charge >= 0.3 is 0 Å². The molecule has 0 aliphatic carbocycles. The van der Waals surface area contributed by atoms with E-state index in [9.17, 15) is 13.2 Å². The lowest BCUT2D eigenvalue weighted by Gasteiger charge is -2.23. The molecule has 138 valence electrons. The lowest BCUT2D eigenvalue weighted by molar-refractivity contribution is -0.121. The van der Waals surface area contributed by atoms with E-state index in [1.54, 1.807) is 30.1 Å². The van der Waals surface area contributed by atoms with E-state index in [1.807, 2.05) is 13.8 Å². The largest absolute Gasteiger partial charge is 0.314 e.